The predicted octanol–water partition coefficient (Wildman–Crippen LogP) is 3.13. The molecule has 5 heteroatoms. The van der Waals surface area contributed by atoms with Crippen molar-refractivity contribution in [3.8, 4) is 5.75 Å². The van der Waals surface area contributed by atoms with Gasteiger partial charge in [-0.3, -0.25) is 4.79 Å². The van der Waals surface area contributed by atoms with Crippen LogP contribution in [0.1, 0.15) is 20.8 Å². The van der Waals surface area contributed by atoms with Crippen LogP contribution in [0, 0.1) is 0 Å². The van der Waals surface area contributed by atoms with Crippen molar-refractivity contribution in [2.75, 3.05) is 25.5 Å². The minimum atomic E-state index is -0.250. The van der Waals surface area contributed by atoms with Crippen molar-refractivity contribution in [1.82, 2.24) is 4.90 Å². The van der Waals surface area contributed by atoms with Gasteiger partial charge in [-0.1, -0.05) is 0 Å². The third-order valence-corrected chi connectivity index (χ3v) is 3.60. The molecule has 0 fully saturated rings. The highest BCUT2D eigenvalue weighted by Crippen LogP contribution is 2.28. The van der Waals surface area contributed by atoms with Crippen molar-refractivity contribution in [3.05, 3.63) is 22.7 Å². The van der Waals surface area contributed by atoms with Gasteiger partial charge in [0.1, 0.15) is 11.8 Å². The number of hydrogen-bond acceptors (Lipinski definition) is 3. The summed E-state index contributed by atoms with van der Waals surface area (Å²) in [5.41, 5.74) is 0.890. The lowest BCUT2D eigenvalue weighted by atomic mass is 10.2. The van der Waals surface area contributed by atoms with Gasteiger partial charge in [0.05, 0.1) is 11.6 Å². The van der Waals surface area contributed by atoms with Gasteiger partial charge < -0.3 is 15.0 Å². The average Bonchev–Trinajstić information content (AvgIpc) is 2.40. The second-order valence-electron chi connectivity index (χ2n) is 4.23. The van der Waals surface area contributed by atoms with Gasteiger partial charge in [-0.05, 0) is 54.9 Å². The van der Waals surface area contributed by atoms with Crippen molar-refractivity contribution >= 4 is 27.5 Å². The molecule has 0 heterocycles. The Morgan fingerprint density at radius 3 is 2.53 bits per heavy atom. The van der Waals surface area contributed by atoms with Gasteiger partial charge in [-0.15, -0.1) is 0 Å². The molecule has 1 amide bonds. The summed E-state index contributed by atoms with van der Waals surface area (Å²) in [6.07, 6.45) is 0. The third-order valence-electron chi connectivity index (χ3n) is 2.98. The van der Waals surface area contributed by atoms with Crippen LogP contribution < -0.4 is 10.1 Å². The first-order chi connectivity index (χ1) is 9.03. The standard InChI is InChI=1S/C14H21BrN2O2/c1-5-17(6-2)14(18)10(3)16-11-7-8-13(19-4)12(15)9-11/h7-10,16H,5-6H2,1-4H3. The Kier molecular flexibility index (Phi) is 6.15. The third kappa shape index (κ3) is 4.13. The molecule has 0 aliphatic heterocycles. The number of hydrogen-bond donors (Lipinski definition) is 1. The predicted molar refractivity (Wildman–Crippen MR) is 81.7 cm³/mol. The lowest BCUT2D eigenvalue weighted by molar-refractivity contribution is -0.131. The summed E-state index contributed by atoms with van der Waals surface area (Å²) in [7, 11) is 1.62. The summed E-state index contributed by atoms with van der Waals surface area (Å²) in [6, 6.07) is 5.42. The highest BCUT2D eigenvalue weighted by atomic mass is 79.9. The van der Waals surface area contributed by atoms with Gasteiger partial charge in [0.2, 0.25) is 5.91 Å². The summed E-state index contributed by atoms with van der Waals surface area (Å²) < 4.78 is 6.04. The van der Waals surface area contributed by atoms with Crippen molar-refractivity contribution in [2.24, 2.45) is 0 Å². The number of ether oxygens (including phenoxy) is 1. The van der Waals surface area contributed by atoms with Gasteiger partial charge in [0.15, 0.2) is 0 Å². The van der Waals surface area contributed by atoms with E-state index in [9.17, 15) is 4.79 Å². The zero-order valence-corrected chi connectivity index (χ0v) is 13.5. The molecule has 0 radical (unpaired) electrons. The number of amides is 1. The quantitative estimate of drug-likeness (QED) is 0.872. The maximum atomic E-state index is 12.1. The molecule has 0 aromatic heterocycles. The topological polar surface area (TPSA) is 41.6 Å². The van der Waals surface area contributed by atoms with E-state index in [-0.39, 0.29) is 11.9 Å². The SMILES string of the molecule is CCN(CC)C(=O)C(C)Nc1ccc(OC)c(Br)c1. The molecule has 4 nitrogen and oxygen atoms in total. The molecule has 1 aromatic rings. The number of carbonyl (C=O) groups is 1. The molecule has 0 bridgehead atoms. The summed E-state index contributed by atoms with van der Waals surface area (Å²) in [6.45, 7) is 7.30. The maximum absolute atomic E-state index is 12.1. The van der Waals surface area contributed by atoms with E-state index in [0.717, 1.165) is 29.0 Å². The second-order valence-corrected chi connectivity index (χ2v) is 5.08. The Bertz CT molecular complexity index is 433. The number of anilines is 1. The van der Waals surface area contributed by atoms with Gasteiger partial charge in [-0.2, -0.15) is 0 Å². The highest BCUT2D eigenvalue weighted by Gasteiger charge is 2.18. The number of benzene rings is 1. The fourth-order valence-corrected chi connectivity index (χ4v) is 2.42. The van der Waals surface area contributed by atoms with E-state index in [1.165, 1.54) is 0 Å². The minimum absolute atomic E-state index is 0.108. The van der Waals surface area contributed by atoms with E-state index < -0.39 is 0 Å². The molecule has 19 heavy (non-hydrogen) atoms. The van der Waals surface area contributed by atoms with Crippen molar-refractivity contribution < 1.29 is 9.53 Å². The molecule has 1 aromatic carbocycles. The molecular formula is C14H21BrN2O2. The first-order valence-corrected chi connectivity index (χ1v) is 7.21. The molecule has 1 N–H and O–H groups in total. The highest BCUT2D eigenvalue weighted by molar-refractivity contribution is 9.10. The smallest absolute Gasteiger partial charge is 0.244 e. The van der Waals surface area contributed by atoms with E-state index in [2.05, 4.69) is 21.2 Å². The number of rotatable bonds is 6. The van der Waals surface area contributed by atoms with E-state index in [4.69, 9.17) is 4.74 Å². The number of nitrogens with one attached hydrogen (secondary N) is 1. The Labute approximate surface area is 123 Å². The molecule has 0 saturated heterocycles. The summed E-state index contributed by atoms with van der Waals surface area (Å²) >= 11 is 3.43. The van der Waals surface area contributed by atoms with Crippen molar-refractivity contribution in [3.63, 3.8) is 0 Å². The van der Waals surface area contributed by atoms with E-state index >= 15 is 0 Å². The van der Waals surface area contributed by atoms with E-state index in [1.54, 1.807) is 7.11 Å². The van der Waals surface area contributed by atoms with Crippen LogP contribution in [0.3, 0.4) is 0 Å². The molecule has 106 valence electrons. The molecule has 0 saturated carbocycles. The van der Waals surface area contributed by atoms with Gasteiger partial charge >= 0.3 is 0 Å². The lowest BCUT2D eigenvalue weighted by Gasteiger charge is -2.24. The largest absolute Gasteiger partial charge is 0.496 e. The molecule has 0 aliphatic carbocycles. The number of carbonyl (C=O) groups excluding carboxylic acids is 1. The number of halogens is 1. The molecular weight excluding hydrogens is 308 g/mol. The van der Waals surface area contributed by atoms with Crippen LogP contribution in [0.15, 0.2) is 22.7 Å². The van der Waals surface area contributed by atoms with E-state index in [0.29, 0.717) is 0 Å². The minimum Gasteiger partial charge on any atom is -0.496 e. The van der Waals surface area contributed by atoms with Gasteiger partial charge in [0.25, 0.3) is 0 Å². The molecule has 1 rings (SSSR count). The van der Waals surface area contributed by atoms with Crippen LogP contribution in [-0.2, 0) is 4.79 Å². The normalized spacial score (nSPS) is 11.8. The van der Waals surface area contributed by atoms with Crippen LogP contribution >= 0.6 is 15.9 Å². The zero-order chi connectivity index (χ0) is 14.4. The van der Waals surface area contributed by atoms with Crippen LogP contribution in [0.25, 0.3) is 0 Å². The van der Waals surface area contributed by atoms with Crippen LogP contribution in [0.5, 0.6) is 5.75 Å². The van der Waals surface area contributed by atoms with Gasteiger partial charge in [-0.25, -0.2) is 0 Å². The number of methoxy groups -OCH3 is 1. The molecule has 0 spiro atoms. The Morgan fingerprint density at radius 2 is 2.05 bits per heavy atom. The molecule has 1 unspecified atom stereocenters. The fourth-order valence-electron chi connectivity index (χ4n) is 1.88. The van der Waals surface area contributed by atoms with Crippen molar-refractivity contribution in [2.45, 2.75) is 26.8 Å². The van der Waals surface area contributed by atoms with Gasteiger partial charge in [0, 0.05) is 18.8 Å². The summed E-state index contributed by atoms with van der Waals surface area (Å²) in [5.74, 6) is 0.880. The van der Waals surface area contributed by atoms with Crippen LogP contribution in [-0.4, -0.2) is 37.0 Å². The molecule has 1 atom stereocenters. The molecule has 0 aliphatic rings. The fraction of sp³-hybridized carbons (Fsp3) is 0.500. The first-order valence-electron chi connectivity index (χ1n) is 6.42. The lowest BCUT2D eigenvalue weighted by Crippen LogP contribution is -2.41. The zero-order valence-electron chi connectivity index (χ0n) is 11.9. The van der Waals surface area contributed by atoms with Crippen LogP contribution in [0.2, 0.25) is 0 Å². The Hall–Kier alpha value is -1.23. The van der Waals surface area contributed by atoms with Crippen LogP contribution in [0.4, 0.5) is 5.69 Å². The maximum Gasteiger partial charge on any atom is 0.244 e. The Morgan fingerprint density at radius 1 is 1.42 bits per heavy atom. The monoisotopic (exact) mass is 328 g/mol. The summed E-state index contributed by atoms with van der Waals surface area (Å²) in [4.78, 5) is 14.0. The van der Waals surface area contributed by atoms with Crippen molar-refractivity contribution in [1.29, 1.82) is 0 Å². The number of likely N-dealkylation sites (N-methyl/N-ethyl adjacent to an activating group) is 1. The van der Waals surface area contributed by atoms with E-state index in [1.807, 2.05) is 43.9 Å². The number of nitrogens with zero attached hydrogens (tertiary/aromatic N) is 1. The average molecular weight is 329 g/mol. The first kappa shape index (κ1) is 15.8. The Balaban J connectivity index is 2.74. The second kappa shape index (κ2) is 7.38. The summed E-state index contributed by atoms with van der Waals surface area (Å²) in [5, 5.41) is 3.21.